The quantitative estimate of drug-likeness (QED) is 0.863. The van der Waals surface area contributed by atoms with Crippen molar-refractivity contribution in [3.63, 3.8) is 0 Å². The molecule has 1 heterocycles. The number of carbonyl (C=O) groups is 1. The van der Waals surface area contributed by atoms with Crippen LogP contribution in [0.2, 0.25) is 0 Å². The molecule has 5 nitrogen and oxygen atoms in total. The highest BCUT2D eigenvalue weighted by Crippen LogP contribution is 2.31. The Balaban J connectivity index is 2.22. The van der Waals surface area contributed by atoms with Crippen molar-refractivity contribution < 1.29 is 18.3 Å². The minimum atomic E-state index is -3.63. The highest BCUT2D eigenvalue weighted by atomic mass is 32.2. The second kappa shape index (κ2) is 6.05. The minimum Gasteiger partial charge on any atom is -0.477 e. The van der Waals surface area contributed by atoms with Gasteiger partial charge < -0.3 is 5.11 Å². The first-order chi connectivity index (χ1) is 9.35. The van der Waals surface area contributed by atoms with Crippen LogP contribution in [0.1, 0.15) is 34.5 Å². The van der Waals surface area contributed by atoms with E-state index in [1.54, 1.807) is 18.7 Å². The van der Waals surface area contributed by atoms with E-state index in [1.165, 1.54) is 6.07 Å². The summed E-state index contributed by atoms with van der Waals surface area (Å²) in [6.45, 7) is 1.61. The number of carboxylic acid groups (broad SMARTS) is 1. The fraction of sp³-hybridized carbons (Fsp3) is 0.583. The summed E-state index contributed by atoms with van der Waals surface area (Å²) < 4.78 is 27.5. The standard InChI is InChI=1S/C12H17NO4S3/c1-7-6-10(19-11(7)12(14)15)20(16,17)13-8-4-3-5-9(8)18-2/h6,8-9,13H,3-5H2,1-2H3,(H,14,15). The van der Waals surface area contributed by atoms with Crippen LogP contribution in [0.25, 0.3) is 0 Å². The third kappa shape index (κ3) is 3.19. The highest BCUT2D eigenvalue weighted by Gasteiger charge is 2.32. The molecule has 112 valence electrons. The van der Waals surface area contributed by atoms with E-state index >= 15 is 0 Å². The van der Waals surface area contributed by atoms with E-state index in [2.05, 4.69) is 4.72 Å². The number of aryl methyl sites for hydroxylation is 1. The lowest BCUT2D eigenvalue weighted by Crippen LogP contribution is -2.38. The number of aromatic carboxylic acids is 1. The molecular formula is C12H17NO4S3. The fourth-order valence-corrected chi connectivity index (χ4v) is 6.13. The number of sulfonamides is 1. The zero-order chi connectivity index (χ0) is 14.9. The summed E-state index contributed by atoms with van der Waals surface area (Å²) in [5.74, 6) is -1.09. The van der Waals surface area contributed by atoms with Gasteiger partial charge in [0.25, 0.3) is 0 Å². The summed E-state index contributed by atoms with van der Waals surface area (Å²) in [6.07, 6.45) is 4.84. The van der Waals surface area contributed by atoms with Gasteiger partial charge in [0, 0.05) is 11.3 Å². The van der Waals surface area contributed by atoms with E-state index in [4.69, 9.17) is 5.11 Å². The van der Waals surface area contributed by atoms with Gasteiger partial charge in [0.1, 0.15) is 9.09 Å². The van der Waals surface area contributed by atoms with E-state index < -0.39 is 16.0 Å². The Hall–Kier alpha value is -0.570. The summed E-state index contributed by atoms with van der Waals surface area (Å²) in [5, 5.41) is 9.30. The van der Waals surface area contributed by atoms with E-state index in [9.17, 15) is 13.2 Å². The predicted molar refractivity (Wildman–Crippen MR) is 81.3 cm³/mol. The lowest BCUT2D eigenvalue weighted by atomic mass is 10.3. The Morgan fingerprint density at radius 1 is 1.50 bits per heavy atom. The number of thiophene rings is 1. The van der Waals surface area contributed by atoms with Crippen molar-refractivity contribution in [3.8, 4) is 0 Å². The third-order valence-electron chi connectivity index (χ3n) is 3.42. The van der Waals surface area contributed by atoms with Crippen LogP contribution >= 0.6 is 23.1 Å². The van der Waals surface area contributed by atoms with Gasteiger partial charge in [0.05, 0.1) is 0 Å². The van der Waals surface area contributed by atoms with Gasteiger partial charge in [-0.1, -0.05) is 6.42 Å². The number of rotatable bonds is 5. The Bertz CT molecular complexity index is 608. The van der Waals surface area contributed by atoms with Crippen LogP contribution in [0, 0.1) is 6.92 Å². The van der Waals surface area contributed by atoms with Gasteiger partial charge in [0.2, 0.25) is 10.0 Å². The van der Waals surface area contributed by atoms with Crippen molar-refractivity contribution in [1.29, 1.82) is 0 Å². The molecule has 1 saturated carbocycles. The van der Waals surface area contributed by atoms with Gasteiger partial charge >= 0.3 is 5.97 Å². The molecule has 1 fully saturated rings. The molecular weight excluding hydrogens is 318 g/mol. The Kier molecular flexibility index (Phi) is 4.78. The highest BCUT2D eigenvalue weighted by molar-refractivity contribution is 7.99. The topological polar surface area (TPSA) is 83.5 Å². The average Bonchev–Trinajstić information content (AvgIpc) is 2.95. The molecule has 1 aliphatic carbocycles. The van der Waals surface area contributed by atoms with Crippen LogP contribution in [0.5, 0.6) is 0 Å². The molecule has 0 radical (unpaired) electrons. The number of hydrogen-bond acceptors (Lipinski definition) is 5. The first kappa shape index (κ1) is 15.8. The lowest BCUT2D eigenvalue weighted by Gasteiger charge is -2.18. The van der Waals surface area contributed by atoms with Crippen LogP contribution in [-0.4, -0.2) is 37.0 Å². The first-order valence-electron chi connectivity index (χ1n) is 6.24. The van der Waals surface area contributed by atoms with Crippen molar-refractivity contribution in [3.05, 3.63) is 16.5 Å². The van der Waals surface area contributed by atoms with Gasteiger partial charge in [-0.2, -0.15) is 11.8 Å². The van der Waals surface area contributed by atoms with Crippen LogP contribution < -0.4 is 4.72 Å². The molecule has 2 N–H and O–H groups in total. The van der Waals surface area contributed by atoms with Crippen molar-refractivity contribution in [2.75, 3.05) is 6.26 Å². The summed E-state index contributed by atoms with van der Waals surface area (Å²) in [7, 11) is -3.63. The van der Waals surface area contributed by atoms with E-state index in [1.807, 2.05) is 6.26 Å². The molecule has 0 aliphatic heterocycles. The Labute approximate surface area is 126 Å². The molecule has 8 heteroatoms. The predicted octanol–water partition coefficient (Wildman–Crippen LogP) is 2.32. The van der Waals surface area contributed by atoms with Crippen LogP contribution in [-0.2, 0) is 10.0 Å². The van der Waals surface area contributed by atoms with Crippen molar-refractivity contribution in [2.24, 2.45) is 0 Å². The smallest absolute Gasteiger partial charge is 0.346 e. The molecule has 1 aliphatic rings. The largest absolute Gasteiger partial charge is 0.477 e. The number of carboxylic acids is 1. The molecule has 1 aromatic rings. The maximum Gasteiger partial charge on any atom is 0.346 e. The number of nitrogens with one attached hydrogen (secondary N) is 1. The summed E-state index contributed by atoms with van der Waals surface area (Å²) >= 11 is 2.48. The average molecular weight is 335 g/mol. The maximum atomic E-state index is 12.3. The van der Waals surface area contributed by atoms with Crippen molar-refractivity contribution in [2.45, 2.75) is 41.7 Å². The summed E-state index contributed by atoms with van der Waals surface area (Å²) in [6, 6.07) is 1.37. The lowest BCUT2D eigenvalue weighted by molar-refractivity contribution is 0.0701. The molecule has 20 heavy (non-hydrogen) atoms. The van der Waals surface area contributed by atoms with Crippen LogP contribution in [0.3, 0.4) is 0 Å². The normalized spacial score (nSPS) is 23.1. The number of thioether (sulfide) groups is 1. The monoisotopic (exact) mass is 335 g/mol. The minimum absolute atomic E-state index is 0.0642. The van der Waals surface area contributed by atoms with Gasteiger partial charge in [-0.05, 0) is 37.7 Å². The van der Waals surface area contributed by atoms with Gasteiger partial charge in [0.15, 0.2) is 0 Å². The molecule has 1 aromatic heterocycles. The molecule has 2 unspecified atom stereocenters. The van der Waals surface area contributed by atoms with Crippen LogP contribution in [0.15, 0.2) is 10.3 Å². The van der Waals surface area contributed by atoms with Crippen molar-refractivity contribution >= 4 is 39.1 Å². The SMILES string of the molecule is CSC1CCCC1NS(=O)(=O)c1cc(C)c(C(=O)O)s1. The van der Waals surface area contributed by atoms with E-state index in [-0.39, 0.29) is 15.1 Å². The van der Waals surface area contributed by atoms with E-state index in [0.717, 1.165) is 30.6 Å². The van der Waals surface area contributed by atoms with Gasteiger partial charge in [-0.15, -0.1) is 11.3 Å². The second-order valence-electron chi connectivity index (χ2n) is 4.82. The first-order valence-corrected chi connectivity index (χ1v) is 9.82. The molecule has 0 saturated heterocycles. The molecule has 2 atom stereocenters. The molecule has 0 amide bonds. The summed E-state index contributed by atoms with van der Waals surface area (Å²) in [4.78, 5) is 11.1. The molecule has 2 rings (SSSR count). The second-order valence-corrected chi connectivity index (χ2v) is 8.89. The molecule has 0 aromatic carbocycles. The Morgan fingerprint density at radius 2 is 2.20 bits per heavy atom. The zero-order valence-corrected chi connectivity index (χ0v) is 13.7. The Morgan fingerprint density at radius 3 is 2.75 bits per heavy atom. The van der Waals surface area contributed by atoms with Gasteiger partial charge in [-0.3, -0.25) is 0 Å². The molecule has 0 spiro atoms. The van der Waals surface area contributed by atoms with Crippen molar-refractivity contribution in [1.82, 2.24) is 4.72 Å². The zero-order valence-electron chi connectivity index (χ0n) is 11.3. The number of hydrogen-bond donors (Lipinski definition) is 2. The molecule has 0 bridgehead atoms. The summed E-state index contributed by atoms with van der Waals surface area (Å²) in [5.41, 5.74) is 0.482. The van der Waals surface area contributed by atoms with Gasteiger partial charge in [-0.25, -0.2) is 17.9 Å². The fourth-order valence-electron chi connectivity index (χ4n) is 2.40. The maximum absolute atomic E-state index is 12.3. The third-order valence-corrected chi connectivity index (χ3v) is 7.77. The van der Waals surface area contributed by atoms with Crippen LogP contribution in [0.4, 0.5) is 0 Å². The van der Waals surface area contributed by atoms with E-state index in [0.29, 0.717) is 10.8 Å².